The molecule has 0 aromatic heterocycles. The molecule has 0 fully saturated rings. The summed E-state index contributed by atoms with van der Waals surface area (Å²) in [5, 5.41) is 2.92. The first kappa shape index (κ1) is 12.0. The highest BCUT2D eigenvalue weighted by Crippen LogP contribution is 2.50. The van der Waals surface area contributed by atoms with Gasteiger partial charge in [0.1, 0.15) is 11.9 Å². The third-order valence-corrected chi connectivity index (χ3v) is 4.36. The summed E-state index contributed by atoms with van der Waals surface area (Å²) >= 11 is 3.52. The molecular weight excluding hydrogens is 296 g/mol. The molecule has 18 heavy (non-hydrogen) atoms. The fraction of sp³-hybridized carbons (Fsp3) is 0.462. The standard InChI is InChI=1S/C13H15BrN2O2/c1-13(2)9-10(16-12(13)17)8(14)4-6-3-7(5-15)18-11(6)9/h4,7H,3,5,15H2,1-2H3,(H,16,17). The van der Waals surface area contributed by atoms with E-state index in [2.05, 4.69) is 21.2 Å². The van der Waals surface area contributed by atoms with Crippen molar-refractivity contribution in [3.8, 4) is 5.75 Å². The Kier molecular flexibility index (Phi) is 2.47. The van der Waals surface area contributed by atoms with Crippen molar-refractivity contribution in [3.63, 3.8) is 0 Å². The number of anilines is 1. The molecule has 0 bridgehead atoms. The van der Waals surface area contributed by atoms with Crippen LogP contribution in [0, 0.1) is 0 Å². The van der Waals surface area contributed by atoms with E-state index in [0.29, 0.717) is 6.54 Å². The Morgan fingerprint density at radius 2 is 2.33 bits per heavy atom. The molecule has 1 unspecified atom stereocenters. The van der Waals surface area contributed by atoms with E-state index in [1.807, 2.05) is 19.9 Å². The first-order valence-corrected chi connectivity index (χ1v) is 6.78. The molecule has 0 saturated heterocycles. The number of fused-ring (bicyclic) bond motifs is 3. The lowest BCUT2D eigenvalue weighted by Gasteiger charge is -2.19. The Labute approximate surface area is 114 Å². The number of halogens is 1. The molecule has 3 N–H and O–H groups in total. The summed E-state index contributed by atoms with van der Waals surface area (Å²) in [4.78, 5) is 12.0. The maximum Gasteiger partial charge on any atom is 0.234 e. The topological polar surface area (TPSA) is 64.3 Å². The maximum absolute atomic E-state index is 12.0. The zero-order valence-electron chi connectivity index (χ0n) is 10.3. The van der Waals surface area contributed by atoms with Crippen molar-refractivity contribution in [2.75, 3.05) is 11.9 Å². The molecular formula is C13H15BrN2O2. The second kappa shape index (κ2) is 3.71. The first-order valence-electron chi connectivity index (χ1n) is 5.99. The normalized spacial score (nSPS) is 23.3. The Morgan fingerprint density at radius 1 is 1.61 bits per heavy atom. The number of ether oxygens (including phenoxy) is 1. The number of hydrogen-bond donors (Lipinski definition) is 2. The van der Waals surface area contributed by atoms with Gasteiger partial charge in [0.2, 0.25) is 5.91 Å². The van der Waals surface area contributed by atoms with Crippen LogP contribution in [0.2, 0.25) is 0 Å². The van der Waals surface area contributed by atoms with E-state index in [-0.39, 0.29) is 12.0 Å². The lowest BCUT2D eigenvalue weighted by atomic mass is 9.84. The number of nitrogens with one attached hydrogen (secondary N) is 1. The molecule has 1 aromatic rings. The van der Waals surface area contributed by atoms with Crippen molar-refractivity contribution < 1.29 is 9.53 Å². The molecule has 2 heterocycles. The van der Waals surface area contributed by atoms with Gasteiger partial charge in [-0.1, -0.05) is 0 Å². The van der Waals surface area contributed by atoms with Gasteiger partial charge in [-0.3, -0.25) is 4.79 Å². The highest BCUT2D eigenvalue weighted by atomic mass is 79.9. The minimum atomic E-state index is -0.563. The van der Waals surface area contributed by atoms with Crippen molar-refractivity contribution in [3.05, 3.63) is 21.7 Å². The van der Waals surface area contributed by atoms with Gasteiger partial charge in [0, 0.05) is 23.0 Å². The second-order valence-electron chi connectivity index (χ2n) is 5.36. The average molecular weight is 311 g/mol. The van der Waals surface area contributed by atoms with Crippen LogP contribution >= 0.6 is 15.9 Å². The van der Waals surface area contributed by atoms with Crippen LogP contribution in [0.4, 0.5) is 5.69 Å². The lowest BCUT2D eigenvalue weighted by Crippen LogP contribution is -2.28. The summed E-state index contributed by atoms with van der Waals surface area (Å²) < 4.78 is 6.81. The number of carbonyl (C=O) groups is 1. The molecule has 0 spiro atoms. The zero-order valence-corrected chi connectivity index (χ0v) is 11.9. The molecule has 1 atom stereocenters. The van der Waals surface area contributed by atoms with Gasteiger partial charge in [-0.15, -0.1) is 0 Å². The third kappa shape index (κ3) is 1.44. The van der Waals surface area contributed by atoms with Crippen molar-refractivity contribution in [1.29, 1.82) is 0 Å². The van der Waals surface area contributed by atoms with Gasteiger partial charge in [-0.05, 0) is 41.4 Å². The monoisotopic (exact) mass is 310 g/mol. The number of rotatable bonds is 1. The Hall–Kier alpha value is -1.07. The van der Waals surface area contributed by atoms with Crippen LogP contribution in [0.25, 0.3) is 0 Å². The van der Waals surface area contributed by atoms with Crippen molar-refractivity contribution in [1.82, 2.24) is 0 Å². The Bertz CT molecular complexity index is 554. The van der Waals surface area contributed by atoms with E-state index in [9.17, 15) is 4.79 Å². The lowest BCUT2D eigenvalue weighted by molar-refractivity contribution is -0.119. The molecule has 96 valence electrons. The van der Waals surface area contributed by atoms with Crippen LogP contribution in [-0.2, 0) is 16.6 Å². The van der Waals surface area contributed by atoms with Crippen LogP contribution in [0.3, 0.4) is 0 Å². The van der Waals surface area contributed by atoms with Gasteiger partial charge in [0.15, 0.2) is 0 Å². The van der Waals surface area contributed by atoms with Crippen LogP contribution in [-0.4, -0.2) is 18.6 Å². The summed E-state index contributed by atoms with van der Waals surface area (Å²) in [7, 11) is 0. The SMILES string of the molecule is CC1(C)C(=O)Nc2c(Br)cc3c(c21)OC(CN)C3. The molecule has 2 aliphatic rings. The second-order valence-corrected chi connectivity index (χ2v) is 6.21. The Balaban J connectivity index is 2.22. The van der Waals surface area contributed by atoms with E-state index in [4.69, 9.17) is 10.5 Å². The number of nitrogens with two attached hydrogens (primary N) is 1. The fourth-order valence-electron chi connectivity index (χ4n) is 2.66. The number of carbonyl (C=O) groups excluding carboxylic acids is 1. The highest BCUT2D eigenvalue weighted by molar-refractivity contribution is 9.10. The minimum absolute atomic E-state index is 0.00592. The molecule has 1 amide bonds. The van der Waals surface area contributed by atoms with E-state index in [1.54, 1.807) is 0 Å². The summed E-state index contributed by atoms with van der Waals surface area (Å²) in [6.07, 6.45) is 0.826. The van der Waals surface area contributed by atoms with E-state index in [1.165, 1.54) is 0 Å². The Morgan fingerprint density at radius 3 is 3.00 bits per heavy atom. The predicted octanol–water partition coefficient (Wildman–Crippen LogP) is 1.94. The van der Waals surface area contributed by atoms with Gasteiger partial charge in [0.25, 0.3) is 0 Å². The van der Waals surface area contributed by atoms with Crippen molar-refractivity contribution in [2.45, 2.75) is 31.8 Å². The summed E-state index contributed by atoms with van der Waals surface area (Å²) in [6.45, 7) is 4.32. The first-order chi connectivity index (χ1) is 8.45. The van der Waals surface area contributed by atoms with E-state index < -0.39 is 5.41 Å². The molecule has 4 nitrogen and oxygen atoms in total. The predicted molar refractivity (Wildman–Crippen MR) is 73.0 cm³/mol. The van der Waals surface area contributed by atoms with E-state index in [0.717, 1.165) is 33.5 Å². The van der Waals surface area contributed by atoms with Gasteiger partial charge in [-0.2, -0.15) is 0 Å². The quantitative estimate of drug-likeness (QED) is 0.833. The summed E-state index contributed by atoms with van der Waals surface area (Å²) in [6, 6.07) is 2.02. The summed E-state index contributed by atoms with van der Waals surface area (Å²) in [5.74, 6) is 0.846. The van der Waals surface area contributed by atoms with Crippen LogP contribution in [0.15, 0.2) is 10.5 Å². The fourth-order valence-corrected chi connectivity index (χ4v) is 3.23. The largest absolute Gasteiger partial charge is 0.488 e. The van der Waals surface area contributed by atoms with Gasteiger partial charge < -0.3 is 15.8 Å². The molecule has 0 aliphatic carbocycles. The molecule has 0 saturated carbocycles. The molecule has 5 heteroatoms. The van der Waals surface area contributed by atoms with Crippen LogP contribution in [0.5, 0.6) is 5.75 Å². The van der Waals surface area contributed by atoms with Crippen molar-refractivity contribution in [2.24, 2.45) is 5.73 Å². The average Bonchev–Trinajstić information content (AvgIpc) is 2.80. The maximum atomic E-state index is 12.0. The molecule has 1 aromatic carbocycles. The van der Waals surface area contributed by atoms with Gasteiger partial charge in [0.05, 0.1) is 11.1 Å². The van der Waals surface area contributed by atoms with Gasteiger partial charge >= 0.3 is 0 Å². The van der Waals surface area contributed by atoms with Crippen LogP contribution in [0.1, 0.15) is 25.0 Å². The number of benzene rings is 1. The number of hydrogen-bond acceptors (Lipinski definition) is 3. The van der Waals surface area contributed by atoms with Crippen molar-refractivity contribution >= 4 is 27.5 Å². The van der Waals surface area contributed by atoms with Gasteiger partial charge in [-0.25, -0.2) is 0 Å². The molecule has 2 aliphatic heterocycles. The molecule has 0 radical (unpaired) electrons. The highest BCUT2D eigenvalue weighted by Gasteiger charge is 2.44. The molecule has 3 rings (SSSR count). The zero-order chi connectivity index (χ0) is 13.1. The third-order valence-electron chi connectivity index (χ3n) is 3.73. The number of amides is 1. The van der Waals surface area contributed by atoms with Crippen LogP contribution < -0.4 is 15.8 Å². The minimum Gasteiger partial charge on any atom is -0.488 e. The van der Waals surface area contributed by atoms with E-state index >= 15 is 0 Å². The smallest absolute Gasteiger partial charge is 0.234 e. The summed E-state index contributed by atoms with van der Waals surface area (Å²) in [5.41, 5.74) is 8.02.